The molecule has 3 amide bonds. The van der Waals surface area contributed by atoms with Gasteiger partial charge < -0.3 is 5.32 Å². The van der Waals surface area contributed by atoms with Gasteiger partial charge in [0.2, 0.25) is 5.91 Å². The predicted octanol–water partition coefficient (Wildman–Crippen LogP) is 2.38. The van der Waals surface area contributed by atoms with Crippen molar-refractivity contribution in [3.63, 3.8) is 0 Å². The molecule has 132 valence electrons. The van der Waals surface area contributed by atoms with Crippen LogP contribution in [0, 0.1) is 5.92 Å². The highest BCUT2D eigenvalue weighted by atomic mass is 16.2. The number of rotatable bonds is 5. The zero-order chi connectivity index (χ0) is 18.3. The average Bonchev–Trinajstić information content (AvgIpc) is 3.36. The number of benzene rings is 2. The van der Waals surface area contributed by atoms with Gasteiger partial charge in [-0.2, -0.15) is 0 Å². The Labute approximate surface area is 152 Å². The molecule has 1 heterocycles. The zero-order valence-corrected chi connectivity index (χ0v) is 14.6. The minimum Gasteiger partial charge on any atom is -0.356 e. The smallest absolute Gasteiger partial charge is 0.261 e. The van der Waals surface area contributed by atoms with Gasteiger partial charge in [0.25, 0.3) is 11.8 Å². The standard InChI is InChI=1S/C21H20N2O3/c1-2-22-20(26)21(14-8-4-3-5-9-14)12-15(21)13-23-18(24)16-10-6-7-11-17(16)19(23)25/h3-11,15H,2,12-13H2,1H3,(H,22,26). The predicted molar refractivity (Wildman–Crippen MR) is 96.7 cm³/mol. The summed E-state index contributed by atoms with van der Waals surface area (Å²) in [5.74, 6) is -0.641. The van der Waals surface area contributed by atoms with Gasteiger partial charge in [0.1, 0.15) is 0 Å². The number of amides is 3. The van der Waals surface area contributed by atoms with E-state index in [0.717, 1.165) is 5.56 Å². The summed E-state index contributed by atoms with van der Waals surface area (Å²) in [6, 6.07) is 16.5. The molecule has 0 bridgehead atoms. The van der Waals surface area contributed by atoms with Crippen molar-refractivity contribution in [2.75, 3.05) is 13.1 Å². The minimum absolute atomic E-state index is 0.0344. The van der Waals surface area contributed by atoms with Crippen LogP contribution in [0.5, 0.6) is 0 Å². The molecular formula is C21H20N2O3. The van der Waals surface area contributed by atoms with Crippen molar-refractivity contribution in [1.82, 2.24) is 10.2 Å². The molecule has 1 fully saturated rings. The first kappa shape index (κ1) is 16.5. The van der Waals surface area contributed by atoms with Crippen LogP contribution < -0.4 is 5.32 Å². The molecule has 2 aromatic carbocycles. The summed E-state index contributed by atoms with van der Waals surface area (Å²) in [5, 5.41) is 2.91. The third-order valence-corrected chi connectivity index (χ3v) is 5.42. The van der Waals surface area contributed by atoms with E-state index in [2.05, 4.69) is 5.32 Å². The maximum Gasteiger partial charge on any atom is 0.261 e. The summed E-state index contributed by atoms with van der Waals surface area (Å²) < 4.78 is 0. The second-order valence-electron chi connectivity index (χ2n) is 6.86. The molecule has 2 aliphatic rings. The van der Waals surface area contributed by atoms with Gasteiger partial charge in [0.15, 0.2) is 0 Å². The number of nitrogens with zero attached hydrogens (tertiary/aromatic N) is 1. The molecule has 2 atom stereocenters. The van der Waals surface area contributed by atoms with E-state index in [1.807, 2.05) is 37.3 Å². The number of carbonyl (C=O) groups is 3. The van der Waals surface area contributed by atoms with E-state index in [-0.39, 0.29) is 30.2 Å². The first-order chi connectivity index (χ1) is 12.6. The molecule has 4 rings (SSSR count). The Bertz CT molecular complexity index is 858. The van der Waals surface area contributed by atoms with Gasteiger partial charge in [-0.15, -0.1) is 0 Å². The maximum atomic E-state index is 12.8. The molecule has 1 N–H and O–H groups in total. The third kappa shape index (κ3) is 2.35. The lowest BCUT2D eigenvalue weighted by Gasteiger charge is -2.20. The van der Waals surface area contributed by atoms with Gasteiger partial charge >= 0.3 is 0 Å². The largest absolute Gasteiger partial charge is 0.356 e. The first-order valence-electron chi connectivity index (χ1n) is 8.88. The van der Waals surface area contributed by atoms with Crippen LogP contribution in [0.4, 0.5) is 0 Å². The van der Waals surface area contributed by atoms with Crippen LogP contribution in [0.15, 0.2) is 54.6 Å². The summed E-state index contributed by atoms with van der Waals surface area (Å²) in [7, 11) is 0. The highest BCUT2D eigenvalue weighted by Gasteiger charge is 2.62. The normalized spacial score (nSPS) is 23.7. The Kier molecular flexibility index (Phi) is 3.87. The molecule has 1 aliphatic heterocycles. The molecule has 2 unspecified atom stereocenters. The van der Waals surface area contributed by atoms with Crippen LogP contribution in [-0.4, -0.2) is 35.7 Å². The van der Waals surface area contributed by atoms with E-state index in [9.17, 15) is 14.4 Å². The van der Waals surface area contributed by atoms with Crippen LogP contribution in [0.25, 0.3) is 0 Å². The first-order valence-corrected chi connectivity index (χ1v) is 8.88. The van der Waals surface area contributed by atoms with Crippen molar-refractivity contribution < 1.29 is 14.4 Å². The fourth-order valence-corrected chi connectivity index (χ4v) is 3.99. The Morgan fingerprint density at radius 3 is 2.19 bits per heavy atom. The van der Waals surface area contributed by atoms with Crippen molar-refractivity contribution in [1.29, 1.82) is 0 Å². The summed E-state index contributed by atoms with van der Waals surface area (Å²) in [6.45, 7) is 2.70. The van der Waals surface area contributed by atoms with E-state index in [1.54, 1.807) is 24.3 Å². The van der Waals surface area contributed by atoms with Crippen LogP contribution in [0.2, 0.25) is 0 Å². The van der Waals surface area contributed by atoms with Gasteiger partial charge in [-0.3, -0.25) is 19.3 Å². The molecule has 5 nitrogen and oxygen atoms in total. The topological polar surface area (TPSA) is 66.5 Å². The van der Waals surface area contributed by atoms with Gasteiger partial charge in [-0.05, 0) is 37.0 Å². The Morgan fingerprint density at radius 1 is 1.04 bits per heavy atom. The molecule has 0 radical (unpaired) electrons. The second-order valence-corrected chi connectivity index (χ2v) is 6.86. The van der Waals surface area contributed by atoms with Crippen molar-refractivity contribution in [3.05, 3.63) is 71.3 Å². The lowest BCUT2D eigenvalue weighted by atomic mass is 9.92. The van der Waals surface area contributed by atoms with Crippen LogP contribution in [0.3, 0.4) is 0 Å². The van der Waals surface area contributed by atoms with E-state index in [0.29, 0.717) is 24.1 Å². The Hall–Kier alpha value is -2.95. The highest BCUT2D eigenvalue weighted by Crippen LogP contribution is 2.55. The molecule has 1 saturated carbocycles. The van der Waals surface area contributed by atoms with Crippen molar-refractivity contribution in [2.45, 2.75) is 18.8 Å². The number of hydrogen-bond acceptors (Lipinski definition) is 3. The molecular weight excluding hydrogens is 328 g/mol. The van der Waals surface area contributed by atoms with Crippen LogP contribution in [0.1, 0.15) is 39.6 Å². The Morgan fingerprint density at radius 2 is 1.62 bits per heavy atom. The van der Waals surface area contributed by atoms with E-state index < -0.39 is 5.41 Å². The van der Waals surface area contributed by atoms with E-state index in [4.69, 9.17) is 0 Å². The number of hydrogen-bond donors (Lipinski definition) is 1. The van der Waals surface area contributed by atoms with Gasteiger partial charge in [0, 0.05) is 13.1 Å². The fraction of sp³-hybridized carbons (Fsp3) is 0.286. The summed E-state index contributed by atoms with van der Waals surface area (Å²) >= 11 is 0. The highest BCUT2D eigenvalue weighted by molar-refractivity contribution is 6.21. The minimum atomic E-state index is -0.660. The molecule has 2 aromatic rings. The summed E-state index contributed by atoms with van der Waals surface area (Å²) in [5.41, 5.74) is 1.17. The molecule has 26 heavy (non-hydrogen) atoms. The number of imide groups is 1. The monoisotopic (exact) mass is 348 g/mol. The zero-order valence-electron chi connectivity index (χ0n) is 14.6. The Balaban J connectivity index is 1.61. The SMILES string of the molecule is CCNC(=O)C1(c2ccccc2)CC1CN1C(=O)c2ccccc2C1=O. The van der Waals surface area contributed by atoms with Crippen molar-refractivity contribution in [2.24, 2.45) is 5.92 Å². The molecule has 0 aromatic heterocycles. The fourth-order valence-electron chi connectivity index (χ4n) is 3.99. The molecule has 0 spiro atoms. The van der Waals surface area contributed by atoms with Crippen LogP contribution >= 0.6 is 0 Å². The van der Waals surface area contributed by atoms with Gasteiger partial charge in [-0.25, -0.2) is 0 Å². The number of nitrogens with one attached hydrogen (secondary N) is 1. The summed E-state index contributed by atoms with van der Waals surface area (Å²) in [4.78, 5) is 39.3. The van der Waals surface area contributed by atoms with Crippen molar-refractivity contribution >= 4 is 17.7 Å². The lowest BCUT2D eigenvalue weighted by molar-refractivity contribution is -0.123. The van der Waals surface area contributed by atoms with Crippen LogP contribution in [-0.2, 0) is 10.2 Å². The number of likely N-dealkylation sites (N-methyl/N-ethyl adjacent to an activating group) is 1. The second kappa shape index (κ2) is 6.09. The van der Waals surface area contributed by atoms with Crippen molar-refractivity contribution in [3.8, 4) is 0 Å². The van der Waals surface area contributed by atoms with Gasteiger partial charge in [-0.1, -0.05) is 42.5 Å². The van der Waals surface area contributed by atoms with E-state index >= 15 is 0 Å². The third-order valence-electron chi connectivity index (χ3n) is 5.42. The molecule has 5 heteroatoms. The quantitative estimate of drug-likeness (QED) is 0.844. The van der Waals surface area contributed by atoms with E-state index in [1.165, 1.54) is 4.90 Å². The maximum absolute atomic E-state index is 12.8. The number of fused-ring (bicyclic) bond motifs is 1. The lowest BCUT2D eigenvalue weighted by Crippen LogP contribution is -2.39. The molecule has 0 saturated heterocycles. The van der Waals surface area contributed by atoms with Gasteiger partial charge in [0.05, 0.1) is 16.5 Å². The average molecular weight is 348 g/mol. The number of carbonyl (C=O) groups excluding carboxylic acids is 3. The molecule has 1 aliphatic carbocycles. The summed E-state index contributed by atoms with van der Waals surface area (Å²) in [6.07, 6.45) is 0.635.